The topological polar surface area (TPSA) is 59.4 Å². The molecule has 1 N–H and O–H groups in total. The lowest BCUT2D eigenvalue weighted by atomic mass is 10.2. The number of carbonyl (C=O) groups is 1. The van der Waals surface area contributed by atoms with Gasteiger partial charge in [0.15, 0.2) is 0 Å². The lowest BCUT2D eigenvalue weighted by Gasteiger charge is -2.14. The molecule has 0 aliphatic heterocycles. The molecule has 0 aliphatic rings. The number of amides is 1. The summed E-state index contributed by atoms with van der Waals surface area (Å²) in [4.78, 5) is 18.7. The van der Waals surface area contributed by atoms with E-state index < -0.39 is 0 Å². The van der Waals surface area contributed by atoms with Crippen LogP contribution in [0.4, 0.5) is 5.95 Å². The highest BCUT2D eigenvalue weighted by Gasteiger charge is 2.16. The van der Waals surface area contributed by atoms with Crippen LogP contribution >= 0.6 is 11.6 Å². The third-order valence-electron chi connectivity index (χ3n) is 3.46. The fourth-order valence-electron chi connectivity index (χ4n) is 2.31. The van der Waals surface area contributed by atoms with Crippen molar-refractivity contribution in [2.45, 2.75) is 26.5 Å². The summed E-state index contributed by atoms with van der Waals surface area (Å²) < 4.78 is 7.55. The Morgan fingerprint density at radius 3 is 2.71 bits per heavy atom. The predicted octanol–water partition coefficient (Wildman–Crippen LogP) is 2.86. The molecular weight excluding hydrogens is 328 g/mol. The molecular formula is C17H23ClN4O2. The normalized spacial score (nSPS) is 10.8. The van der Waals surface area contributed by atoms with E-state index in [9.17, 15) is 4.79 Å². The number of carbonyl (C=O) groups excluding carboxylic acids is 1. The van der Waals surface area contributed by atoms with Gasteiger partial charge in [-0.1, -0.05) is 17.7 Å². The average Bonchev–Trinajstić information content (AvgIpc) is 2.87. The summed E-state index contributed by atoms with van der Waals surface area (Å²) in [6.07, 6.45) is 1.73. The lowest BCUT2D eigenvalue weighted by Crippen LogP contribution is -2.25. The number of imidazole rings is 1. The number of nitrogens with zero attached hydrogens (tertiary/aromatic N) is 3. The van der Waals surface area contributed by atoms with E-state index in [-0.39, 0.29) is 12.0 Å². The van der Waals surface area contributed by atoms with E-state index in [0.717, 1.165) is 11.6 Å². The van der Waals surface area contributed by atoms with Crippen LogP contribution in [0.1, 0.15) is 29.9 Å². The maximum absolute atomic E-state index is 12.4. The van der Waals surface area contributed by atoms with Crippen LogP contribution in [0.25, 0.3) is 0 Å². The molecule has 0 spiro atoms. The van der Waals surface area contributed by atoms with Crippen molar-refractivity contribution in [2.75, 3.05) is 19.0 Å². The molecule has 2 aromatic rings. The molecule has 1 amide bonds. The minimum atomic E-state index is -0.248. The van der Waals surface area contributed by atoms with Gasteiger partial charge < -0.3 is 19.5 Å². The Kier molecular flexibility index (Phi) is 5.72. The molecule has 0 saturated carbocycles. The van der Waals surface area contributed by atoms with Gasteiger partial charge in [-0.2, -0.15) is 0 Å². The number of rotatable bonds is 6. The third-order valence-corrected chi connectivity index (χ3v) is 3.85. The van der Waals surface area contributed by atoms with Gasteiger partial charge in [0.2, 0.25) is 5.95 Å². The van der Waals surface area contributed by atoms with Crippen LogP contribution in [0.2, 0.25) is 5.02 Å². The Hall–Kier alpha value is -2.21. The first-order valence-corrected chi connectivity index (χ1v) is 8.10. The van der Waals surface area contributed by atoms with Gasteiger partial charge in [-0.25, -0.2) is 4.98 Å². The van der Waals surface area contributed by atoms with Crippen molar-refractivity contribution in [1.82, 2.24) is 14.9 Å². The van der Waals surface area contributed by atoms with Crippen LogP contribution in [0.15, 0.2) is 24.4 Å². The van der Waals surface area contributed by atoms with Gasteiger partial charge in [0.25, 0.3) is 5.91 Å². The summed E-state index contributed by atoms with van der Waals surface area (Å²) in [6, 6.07) is 5.19. The maximum Gasteiger partial charge on any atom is 0.253 e. The van der Waals surface area contributed by atoms with Crippen LogP contribution in [-0.2, 0) is 13.6 Å². The van der Waals surface area contributed by atoms with Crippen molar-refractivity contribution >= 4 is 23.5 Å². The van der Waals surface area contributed by atoms with E-state index >= 15 is 0 Å². The quantitative estimate of drug-likeness (QED) is 0.870. The molecule has 0 saturated heterocycles. The zero-order valence-electron chi connectivity index (χ0n) is 14.6. The number of benzene rings is 1. The second kappa shape index (κ2) is 7.57. The SMILES string of the molecule is CC(C)Oc1cccc(C(=O)NCc2cnc(N(C)C)n2C)c1Cl. The van der Waals surface area contributed by atoms with Crippen molar-refractivity contribution in [3.8, 4) is 5.75 Å². The van der Waals surface area contributed by atoms with Gasteiger partial charge in [-0.05, 0) is 26.0 Å². The third kappa shape index (κ3) is 4.00. The molecule has 24 heavy (non-hydrogen) atoms. The molecule has 0 bridgehead atoms. The summed E-state index contributed by atoms with van der Waals surface area (Å²) in [6.45, 7) is 4.18. The van der Waals surface area contributed by atoms with E-state index in [2.05, 4.69) is 10.3 Å². The van der Waals surface area contributed by atoms with Crippen LogP contribution < -0.4 is 15.0 Å². The van der Waals surface area contributed by atoms with Crippen LogP contribution in [0.5, 0.6) is 5.75 Å². The number of ether oxygens (including phenoxy) is 1. The largest absolute Gasteiger partial charge is 0.489 e. The number of anilines is 1. The van der Waals surface area contributed by atoms with Crippen molar-refractivity contribution in [3.05, 3.63) is 40.7 Å². The summed E-state index contributed by atoms with van der Waals surface area (Å²) >= 11 is 6.30. The Morgan fingerprint density at radius 1 is 1.42 bits per heavy atom. The van der Waals surface area contributed by atoms with E-state index in [1.54, 1.807) is 24.4 Å². The van der Waals surface area contributed by atoms with Crippen LogP contribution in [0, 0.1) is 0 Å². The molecule has 0 radical (unpaired) electrons. The Morgan fingerprint density at radius 2 is 2.12 bits per heavy atom. The zero-order chi connectivity index (χ0) is 17.9. The lowest BCUT2D eigenvalue weighted by molar-refractivity contribution is 0.0949. The van der Waals surface area contributed by atoms with Crippen molar-refractivity contribution in [2.24, 2.45) is 7.05 Å². The van der Waals surface area contributed by atoms with Gasteiger partial charge in [0, 0.05) is 21.1 Å². The van der Waals surface area contributed by atoms with E-state index in [1.807, 2.05) is 44.5 Å². The van der Waals surface area contributed by atoms with E-state index in [1.165, 1.54) is 0 Å². The summed E-state index contributed by atoms with van der Waals surface area (Å²) in [5.74, 6) is 1.08. The summed E-state index contributed by atoms with van der Waals surface area (Å²) in [5.41, 5.74) is 1.29. The van der Waals surface area contributed by atoms with Crippen molar-refractivity contribution in [1.29, 1.82) is 0 Å². The summed E-state index contributed by atoms with van der Waals surface area (Å²) in [7, 11) is 5.75. The molecule has 0 unspecified atom stereocenters. The highest BCUT2D eigenvalue weighted by Crippen LogP contribution is 2.29. The molecule has 0 fully saturated rings. The number of nitrogens with one attached hydrogen (secondary N) is 1. The monoisotopic (exact) mass is 350 g/mol. The first-order valence-electron chi connectivity index (χ1n) is 7.72. The molecule has 0 aliphatic carbocycles. The fraction of sp³-hybridized carbons (Fsp3) is 0.412. The second-order valence-corrected chi connectivity index (χ2v) is 6.35. The van der Waals surface area contributed by atoms with E-state index in [4.69, 9.17) is 16.3 Å². The summed E-state index contributed by atoms with van der Waals surface area (Å²) in [5, 5.41) is 3.19. The Balaban J connectivity index is 2.11. The van der Waals surface area contributed by atoms with Gasteiger partial charge in [0.1, 0.15) is 5.75 Å². The maximum atomic E-state index is 12.4. The average molecular weight is 351 g/mol. The van der Waals surface area contributed by atoms with Crippen LogP contribution in [-0.4, -0.2) is 35.7 Å². The zero-order valence-corrected chi connectivity index (χ0v) is 15.4. The molecule has 1 aromatic carbocycles. The smallest absolute Gasteiger partial charge is 0.253 e. The molecule has 1 heterocycles. The van der Waals surface area contributed by atoms with Gasteiger partial charge in [0.05, 0.1) is 35.1 Å². The highest BCUT2D eigenvalue weighted by molar-refractivity contribution is 6.35. The standard InChI is InChI=1S/C17H23ClN4O2/c1-11(2)24-14-8-6-7-13(15(14)18)16(23)19-9-12-10-20-17(21(3)4)22(12)5/h6-8,10-11H,9H2,1-5H3,(H,19,23). The van der Waals surface area contributed by atoms with Gasteiger partial charge >= 0.3 is 0 Å². The Bertz CT molecular complexity index is 725. The molecule has 1 aromatic heterocycles. The fourth-order valence-corrected chi connectivity index (χ4v) is 2.57. The highest BCUT2D eigenvalue weighted by atomic mass is 35.5. The minimum absolute atomic E-state index is 0.0142. The molecule has 6 nitrogen and oxygen atoms in total. The van der Waals surface area contributed by atoms with Gasteiger partial charge in [-0.3, -0.25) is 4.79 Å². The Labute approximate surface area is 147 Å². The molecule has 0 atom stereocenters. The number of hydrogen-bond donors (Lipinski definition) is 1. The number of hydrogen-bond acceptors (Lipinski definition) is 4. The molecule has 130 valence electrons. The van der Waals surface area contributed by atoms with Crippen molar-refractivity contribution < 1.29 is 9.53 Å². The molecule has 7 heteroatoms. The van der Waals surface area contributed by atoms with Crippen LogP contribution in [0.3, 0.4) is 0 Å². The number of aromatic nitrogens is 2. The first-order chi connectivity index (χ1) is 11.3. The number of halogens is 1. The van der Waals surface area contributed by atoms with Gasteiger partial charge in [-0.15, -0.1) is 0 Å². The predicted molar refractivity (Wildman–Crippen MR) is 95.9 cm³/mol. The first kappa shape index (κ1) is 18.1. The van der Waals surface area contributed by atoms with Crippen molar-refractivity contribution in [3.63, 3.8) is 0 Å². The van der Waals surface area contributed by atoms with E-state index in [0.29, 0.717) is 22.9 Å². The second-order valence-electron chi connectivity index (χ2n) is 5.97. The minimum Gasteiger partial charge on any atom is -0.489 e. The molecule has 2 rings (SSSR count).